The second-order valence-corrected chi connectivity index (χ2v) is 7.30. The predicted molar refractivity (Wildman–Crippen MR) is 115 cm³/mol. The van der Waals surface area contributed by atoms with E-state index in [0.29, 0.717) is 24.7 Å². The van der Waals surface area contributed by atoms with Gasteiger partial charge in [-0.25, -0.2) is 4.79 Å². The van der Waals surface area contributed by atoms with Crippen molar-refractivity contribution in [2.75, 3.05) is 6.61 Å². The first kappa shape index (κ1) is 21.4. The van der Waals surface area contributed by atoms with E-state index in [2.05, 4.69) is 24.1 Å². The molecule has 0 aliphatic carbocycles. The highest BCUT2D eigenvalue weighted by Crippen LogP contribution is 2.32. The molecule has 2 N–H and O–H groups in total. The molecule has 0 bridgehead atoms. The van der Waals surface area contributed by atoms with Crippen LogP contribution < -0.4 is 15.4 Å². The summed E-state index contributed by atoms with van der Waals surface area (Å²) in [6, 6.07) is 16.3. The molecule has 0 spiro atoms. The van der Waals surface area contributed by atoms with Crippen LogP contribution in [0.4, 0.5) is 4.79 Å². The Hall–Kier alpha value is -3.28. The lowest BCUT2D eigenvalue weighted by Crippen LogP contribution is -2.51. The largest absolute Gasteiger partial charge is 0.489 e. The van der Waals surface area contributed by atoms with Crippen molar-refractivity contribution in [2.45, 2.75) is 38.8 Å². The Morgan fingerprint density at radius 1 is 1.10 bits per heavy atom. The number of esters is 1. The SMILES string of the molecule is C=C1NC(=O)N[C@H](c2cccc(OCc3ccccc3)c2)[C@H]1C(=O)OCCCCC. The summed E-state index contributed by atoms with van der Waals surface area (Å²) in [5.74, 6) is -0.456. The minimum Gasteiger partial charge on any atom is -0.489 e. The van der Waals surface area contributed by atoms with Gasteiger partial charge in [0, 0.05) is 5.70 Å². The van der Waals surface area contributed by atoms with Gasteiger partial charge in [-0.05, 0) is 29.7 Å². The van der Waals surface area contributed by atoms with E-state index in [9.17, 15) is 9.59 Å². The monoisotopic (exact) mass is 408 g/mol. The van der Waals surface area contributed by atoms with E-state index in [4.69, 9.17) is 9.47 Å². The highest BCUT2D eigenvalue weighted by molar-refractivity contribution is 5.85. The Morgan fingerprint density at radius 2 is 1.90 bits per heavy atom. The van der Waals surface area contributed by atoms with Crippen molar-refractivity contribution in [3.8, 4) is 5.75 Å². The summed E-state index contributed by atoms with van der Waals surface area (Å²) < 4.78 is 11.4. The molecule has 2 atom stereocenters. The number of unbranched alkanes of at least 4 members (excludes halogenated alkanes) is 2. The molecule has 2 aromatic carbocycles. The second-order valence-electron chi connectivity index (χ2n) is 7.30. The first-order chi connectivity index (χ1) is 14.6. The summed E-state index contributed by atoms with van der Waals surface area (Å²) >= 11 is 0. The van der Waals surface area contributed by atoms with E-state index in [-0.39, 0.29) is 0 Å². The van der Waals surface area contributed by atoms with Crippen molar-refractivity contribution in [1.29, 1.82) is 0 Å². The topological polar surface area (TPSA) is 76.7 Å². The van der Waals surface area contributed by atoms with Gasteiger partial charge < -0.3 is 20.1 Å². The summed E-state index contributed by atoms with van der Waals surface area (Å²) in [4.78, 5) is 24.8. The minimum atomic E-state index is -0.714. The standard InChI is InChI=1S/C24H28N2O4/c1-3-4-8-14-29-23(27)21-17(2)25-24(28)26-22(21)19-12-9-13-20(15-19)30-16-18-10-6-5-7-11-18/h5-7,9-13,15,21-22H,2-4,8,14,16H2,1H3,(H2,25,26,28)/t21-,22+/m0/s1. The van der Waals surface area contributed by atoms with Crippen molar-refractivity contribution in [2.24, 2.45) is 5.92 Å². The Kier molecular flexibility index (Phi) is 7.49. The molecule has 6 nitrogen and oxygen atoms in total. The third-order valence-corrected chi connectivity index (χ3v) is 4.98. The van der Waals surface area contributed by atoms with Gasteiger partial charge in [0.25, 0.3) is 0 Å². The molecule has 1 aliphatic heterocycles. The van der Waals surface area contributed by atoms with Crippen LogP contribution in [0.5, 0.6) is 5.75 Å². The average molecular weight is 408 g/mol. The highest BCUT2D eigenvalue weighted by atomic mass is 16.5. The van der Waals surface area contributed by atoms with Gasteiger partial charge in [0.15, 0.2) is 0 Å². The second kappa shape index (κ2) is 10.5. The fourth-order valence-corrected chi connectivity index (χ4v) is 3.39. The molecule has 0 saturated carbocycles. The molecule has 0 unspecified atom stereocenters. The van der Waals surface area contributed by atoms with Crippen LogP contribution in [0.1, 0.15) is 43.4 Å². The third-order valence-electron chi connectivity index (χ3n) is 4.98. The van der Waals surface area contributed by atoms with Crippen molar-refractivity contribution < 1.29 is 19.1 Å². The maximum atomic E-state index is 12.8. The van der Waals surface area contributed by atoms with Crippen LogP contribution in [-0.2, 0) is 16.1 Å². The van der Waals surface area contributed by atoms with E-state index in [1.54, 1.807) is 0 Å². The number of carbonyl (C=O) groups excluding carboxylic acids is 2. The number of nitrogens with one attached hydrogen (secondary N) is 2. The van der Waals surface area contributed by atoms with E-state index < -0.39 is 24.0 Å². The van der Waals surface area contributed by atoms with E-state index in [1.807, 2.05) is 54.6 Å². The van der Waals surface area contributed by atoms with Gasteiger partial charge in [-0.2, -0.15) is 0 Å². The first-order valence-corrected chi connectivity index (χ1v) is 10.3. The van der Waals surface area contributed by atoms with Gasteiger partial charge in [-0.1, -0.05) is 68.8 Å². The number of amides is 2. The summed E-state index contributed by atoms with van der Waals surface area (Å²) in [6.07, 6.45) is 2.86. The molecule has 0 aromatic heterocycles. The van der Waals surface area contributed by atoms with Gasteiger partial charge >= 0.3 is 12.0 Å². The molecule has 1 heterocycles. The summed E-state index contributed by atoms with van der Waals surface area (Å²) in [5.41, 5.74) is 2.15. The van der Waals surface area contributed by atoms with Crippen molar-refractivity contribution in [1.82, 2.24) is 10.6 Å². The number of hydrogen-bond donors (Lipinski definition) is 2. The molecular weight excluding hydrogens is 380 g/mol. The average Bonchev–Trinajstić information content (AvgIpc) is 2.75. The maximum absolute atomic E-state index is 12.8. The number of benzene rings is 2. The zero-order valence-electron chi connectivity index (χ0n) is 17.2. The number of urea groups is 1. The molecule has 1 aliphatic rings. The molecule has 30 heavy (non-hydrogen) atoms. The van der Waals surface area contributed by atoms with E-state index in [1.165, 1.54) is 0 Å². The predicted octanol–water partition coefficient (Wildman–Crippen LogP) is 4.48. The zero-order chi connectivity index (χ0) is 21.3. The van der Waals surface area contributed by atoms with E-state index in [0.717, 1.165) is 30.4 Å². The molecule has 6 heteroatoms. The van der Waals surface area contributed by atoms with Crippen LogP contribution >= 0.6 is 0 Å². The summed E-state index contributed by atoms with van der Waals surface area (Å²) in [5, 5.41) is 5.43. The van der Waals surface area contributed by atoms with Gasteiger partial charge in [0.1, 0.15) is 18.3 Å². The van der Waals surface area contributed by atoms with Crippen molar-refractivity contribution in [3.05, 3.63) is 78.0 Å². The molecule has 1 saturated heterocycles. The molecule has 2 amide bonds. The summed E-state index contributed by atoms with van der Waals surface area (Å²) in [7, 11) is 0. The number of rotatable bonds is 9. The molecule has 3 rings (SSSR count). The van der Waals surface area contributed by atoms with Crippen LogP contribution in [0.25, 0.3) is 0 Å². The number of carbonyl (C=O) groups is 2. The third kappa shape index (κ3) is 5.63. The van der Waals surface area contributed by atoms with Crippen LogP contribution in [-0.4, -0.2) is 18.6 Å². The minimum absolute atomic E-state index is 0.333. The lowest BCUT2D eigenvalue weighted by atomic mass is 9.89. The van der Waals surface area contributed by atoms with Crippen LogP contribution in [0.15, 0.2) is 66.9 Å². The molecule has 1 fully saturated rings. The molecular formula is C24H28N2O4. The van der Waals surface area contributed by atoms with Crippen LogP contribution in [0, 0.1) is 5.92 Å². The van der Waals surface area contributed by atoms with Gasteiger partial charge in [-0.3, -0.25) is 4.79 Å². The Labute approximate surface area is 177 Å². The van der Waals surface area contributed by atoms with Gasteiger partial charge in [0.05, 0.1) is 12.6 Å². The molecule has 2 aromatic rings. The van der Waals surface area contributed by atoms with Gasteiger partial charge in [-0.15, -0.1) is 0 Å². The fourth-order valence-electron chi connectivity index (χ4n) is 3.39. The quantitative estimate of drug-likeness (QED) is 0.474. The first-order valence-electron chi connectivity index (χ1n) is 10.3. The smallest absolute Gasteiger partial charge is 0.319 e. The molecule has 0 radical (unpaired) electrons. The zero-order valence-corrected chi connectivity index (χ0v) is 17.2. The summed E-state index contributed by atoms with van der Waals surface area (Å²) in [6.45, 7) is 6.76. The number of hydrogen-bond acceptors (Lipinski definition) is 4. The molecule has 158 valence electrons. The Bertz CT molecular complexity index is 882. The number of ether oxygens (including phenoxy) is 2. The van der Waals surface area contributed by atoms with Crippen molar-refractivity contribution in [3.63, 3.8) is 0 Å². The Balaban J connectivity index is 1.73. The Morgan fingerprint density at radius 3 is 2.67 bits per heavy atom. The van der Waals surface area contributed by atoms with Crippen LogP contribution in [0.2, 0.25) is 0 Å². The lowest BCUT2D eigenvalue weighted by molar-refractivity contribution is -0.148. The lowest BCUT2D eigenvalue weighted by Gasteiger charge is -2.33. The van der Waals surface area contributed by atoms with Crippen LogP contribution in [0.3, 0.4) is 0 Å². The maximum Gasteiger partial charge on any atom is 0.319 e. The van der Waals surface area contributed by atoms with E-state index >= 15 is 0 Å². The van der Waals surface area contributed by atoms with Crippen molar-refractivity contribution >= 4 is 12.0 Å². The van der Waals surface area contributed by atoms with Gasteiger partial charge in [0.2, 0.25) is 0 Å². The highest BCUT2D eigenvalue weighted by Gasteiger charge is 2.39. The normalized spacial score (nSPS) is 18.3. The fraction of sp³-hybridized carbons (Fsp3) is 0.333.